The molecule has 0 aliphatic carbocycles. The van der Waals surface area contributed by atoms with Gasteiger partial charge in [0.2, 0.25) is 11.8 Å². The van der Waals surface area contributed by atoms with Crippen molar-refractivity contribution < 1.29 is 13.2 Å². The maximum atomic E-state index is 11.0. The van der Waals surface area contributed by atoms with Crippen LogP contribution in [0.2, 0.25) is 0 Å². The summed E-state index contributed by atoms with van der Waals surface area (Å²) in [5, 5.41) is 3.02. The first-order chi connectivity index (χ1) is 7.90. The highest BCUT2D eigenvalue weighted by Gasteiger charge is 2.09. The second-order valence-electron chi connectivity index (χ2n) is 3.89. The summed E-state index contributed by atoms with van der Waals surface area (Å²) in [5.74, 6) is 1.05. The molecular formula is C10H17N3O3S. The zero-order valence-corrected chi connectivity index (χ0v) is 11.0. The van der Waals surface area contributed by atoms with E-state index in [0.29, 0.717) is 18.2 Å². The van der Waals surface area contributed by atoms with Crippen LogP contribution in [0.1, 0.15) is 13.3 Å². The zero-order chi connectivity index (χ0) is 12.9. The molecule has 1 unspecified atom stereocenters. The van der Waals surface area contributed by atoms with Crippen LogP contribution in [0.15, 0.2) is 12.3 Å². The van der Waals surface area contributed by atoms with Crippen LogP contribution in [0.4, 0.5) is 5.95 Å². The lowest BCUT2D eigenvalue weighted by atomic mass is 10.3. The van der Waals surface area contributed by atoms with Gasteiger partial charge in [0.05, 0.1) is 12.9 Å². The Hall–Kier alpha value is -1.37. The lowest BCUT2D eigenvalue weighted by Crippen LogP contribution is -2.20. The van der Waals surface area contributed by atoms with Crippen LogP contribution in [0.5, 0.6) is 5.88 Å². The van der Waals surface area contributed by atoms with Gasteiger partial charge < -0.3 is 10.1 Å². The Morgan fingerprint density at radius 1 is 1.53 bits per heavy atom. The van der Waals surface area contributed by atoms with Gasteiger partial charge in [-0.05, 0) is 13.3 Å². The van der Waals surface area contributed by atoms with Gasteiger partial charge in [0.25, 0.3) is 0 Å². The van der Waals surface area contributed by atoms with Crippen LogP contribution in [-0.2, 0) is 9.84 Å². The molecule has 0 spiro atoms. The summed E-state index contributed by atoms with van der Waals surface area (Å²) in [4.78, 5) is 8.10. The third-order valence-corrected chi connectivity index (χ3v) is 3.11. The van der Waals surface area contributed by atoms with E-state index in [-0.39, 0.29) is 11.8 Å². The molecule has 1 aromatic heterocycles. The molecule has 6 nitrogen and oxygen atoms in total. The molecular weight excluding hydrogens is 242 g/mol. The molecule has 1 heterocycles. The smallest absolute Gasteiger partial charge is 0.226 e. The third-order valence-electron chi connectivity index (χ3n) is 2.14. The molecule has 0 saturated heterocycles. The van der Waals surface area contributed by atoms with Crippen molar-refractivity contribution in [3.8, 4) is 5.88 Å². The molecule has 0 saturated carbocycles. The molecule has 0 fully saturated rings. The molecule has 0 aromatic carbocycles. The monoisotopic (exact) mass is 259 g/mol. The summed E-state index contributed by atoms with van der Waals surface area (Å²) in [6.45, 7) is 1.88. The first-order valence-corrected chi connectivity index (χ1v) is 7.28. The molecule has 1 N–H and O–H groups in total. The highest BCUT2D eigenvalue weighted by atomic mass is 32.2. The van der Waals surface area contributed by atoms with Crippen molar-refractivity contribution >= 4 is 15.8 Å². The van der Waals surface area contributed by atoms with E-state index >= 15 is 0 Å². The molecule has 1 aromatic rings. The summed E-state index contributed by atoms with van der Waals surface area (Å²) >= 11 is 0. The van der Waals surface area contributed by atoms with Crippen molar-refractivity contribution in [2.24, 2.45) is 0 Å². The fourth-order valence-corrected chi connectivity index (χ4v) is 1.99. The van der Waals surface area contributed by atoms with E-state index in [0.717, 1.165) is 0 Å². The van der Waals surface area contributed by atoms with E-state index in [4.69, 9.17) is 4.74 Å². The lowest BCUT2D eigenvalue weighted by molar-refractivity contribution is 0.397. The Bertz CT molecular complexity index is 462. The number of rotatable bonds is 6. The van der Waals surface area contributed by atoms with Gasteiger partial charge in [-0.15, -0.1) is 0 Å². The van der Waals surface area contributed by atoms with E-state index < -0.39 is 9.84 Å². The summed E-state index contributed by atoms with van der Waals surface area (Å²) in [6, 6.07) is 1.63. The Morgan fingerprint density at radius 3 is 2.82 bits per heavy atom. The summed E-state index contributed by atoms with van der Waals surface area (Å²) in [6.07, 6.45) is 3.32. The Labute approximate surface area is 101 Å². The second-order valence-corrected chi connectivity index (χ2v) is 6.15. The molecule has 0 aliphatic heterocycles. The Morgan fingerprint density at radius 2 is 2.24 bits per heavy atom. The van der Waals surface area contributed by atoms with Crippen molar-refractivity contribution in [3.05, 3.63) is 12.3 Å². The molecule has 0 aliphatic rings. The molecule has 0 bridgehead atoms. The largest absolute Gasteiger partial charge is 0.481 e. The molecule has 96 valence electrons. The van der Waals surface area contributed by atoms with Crippen LogP contribution >= 0.6 is 0 Å². The maximum Gasteiger partial charge on any atom is 0.226 e. The molecule has 0 amide bonds. The fourth-order valence-electron chi connectivity index (χ4n) is 1.21. The van der Waals surface area contributed by atoms with Crippen LogP contribution in [0.3, 0.4) is 0 Å². The van der Waals surface area contributed by atoms with Gasteiger partial charge in [0.1, 0.15) is 9.84 Å². The van der Waals surface area contributed by atoms with Gasteiger partial charge in [-0.1, -0.05) is 0 Å². The van der Waals surface area contributed by atoms with Crippen molar-refractivity contribution in [3.63, 3.8) is 0 Å². The van der Waals surface area contributed by atoms with E-state index in [1.165, 1.54) is 13.4 Å². The van der Waals surface area contributed by atoms with Gasteiger partial charge >= 0.3 is 0 Å². The van der Waals surface area contributed by atoms with Crippen molar-refractivity contribution in [2.75, 3.05) is 24.4 Å². The quantitative estimate of drug-likeness (QED) is 0.810. The summed E-state index contributed by atoms with van der Waals surface area (Å²) in [7, 11) is -1.40. The predicted octanol–water partition coefficient (Wildman–Crippen LogP) is 0.720. The maximum absolute atomic E-state index is 11.0. The van der Waals surface area contributed by atoms with Crippen LogP contribution in [0, 0.1) is 0 Å². The van der Waals surface area contributed by atoms with E-state index in [1.807, 2.05) is 6.92 Å². The average molecular weight is 259 g/mol. The minimum atomic E-state index is -2.93. The highest BCUT2D eigenvalue weighted by molar-refractivity contribution is 7.90. The number of methoxy groups -OCH3 is 1. The van der Waals surface area contributed by atoms with Crippen molar-refractivity contribution in [2.45, 2.75) is 19.4 Å². The molecule has 1 rings (SSSR count). The van der Waals surface area contributed by atoms with Crippen molar-refractivity contribution in [1.29, 1.82) is 0 Å². The fraction of sp³-hybridized carbons (Fsp3) is 0.600. The normalized spacial score (nSPS) is 13.1. The number of anilines is 1. The van der Waals surface area contributed by atoms with E-state index in [1.54, 1.807) is 12.3 Å². The number of hydrogen-bond acceptors (Lipinski definition) is 6. The predicted molar refractivity (Wildman–Crippen MR) is 66.0 cm³/mol. The van der Waals surface area contributed by atoms with E-state index in [2.05, 4.69) is 15.3 Å². The van der Waals surface area contributed by atoms with Crippen molar-refractivity contribution in [1.82, 2.24) is 9.97 Å². The topological polar surface area (TPSA) is 81.2 Å². The van der Waals surface area contributed by atoms with Gasteiger partial charge in [-0.25, -0.2) is 13.4 Å². The number of hydrogen-bond donors (Lipinski definition) is 1. The minimum Gasteiger partial charge on any atom is -0.481 e. The molecule has 17 heavy (non-hydrogen) atoms. The van der Waals surface area contributed by atoms with Crippen LogP contribution in [-0.4, -0.2) is 43.5 Å². The SMILES string of the molecule is COc1ccnc(NC(C)CCS(C)(=O)=O)n1. The summed E-state index contributed by atoms with van der Waals surface area (Å²) < 4.78 is 27.0. The Kier molecular flexibility index (Phi) is 4.68. The minimum absolute atomic E-state index is 0.0168. The number of ether oxygens (including phenoxy) is 1. The standard InChI is InChI=1S/C10H17N3O3S/c1-8(5-7-17(3,14)15)12-10-11-6-4-9(13-10)16-2/h4,6,8H,5,7H2,1-3H3,(H,11,12,13). The van der Waals surface area contributed by atoms with Gasteiger partial charge in [-0.3, -0.25) is 0 Å². The first kappa shape index (κ1) is 13.7. The number of nitrogens with one attached hydrogen (secondary N) is 1. The molecule has 0 radical (unpaired) electrons. The van der Waals surface area contributed by atoms with E-state index in [9.17, 15) is 8.42 Å². The molecule has 1 atom stereocenters. The first-order valence-electron chi connectivity index (χ1n) is 5.22. The number of aromatic nitrogens is 2. The van der Waals surface area contributed by atoms with Crippen LogP contribution in [0.25, 0.3) is 0 Å². The van der Waals surface area contributed by atoms with Gasteiger partial charge in [0.15, 0.2) is 0 Å². The number of sulfone groups is 1. The average Bonchev–Trinajstić information content (AvgIpc) is 2.26. The second kappa shape index (κ2) is 5.81. The van der Waals surface area contributed by atoms with Gasteiger partial charge in [-0.2, -0.15) is 4.98 Å². The lowest BCUT2D eigenvalue weighted by Gasteiger charge is -2.13. The highest BCUT2D eigenvalue weighted by Crippen LogP contribution is 2.09. The summed E-state index contributed by atoms with van der Waals surface area (Å²) in [5.41, 5.74) is 0. The van der Waals surface area contributed by atoms with Crippen LogP contribution < -0.4 is 10.1 Å². The van der Waals surface area contributed by atoms with Gasteiger partial charge in [0, 0.05) is 24.6 Å². The number of nitrogens with zero attached hydrogens (tertiary/aromatic N) is 2. The zero-order valence-electron chi connectivity index (χ0n) is 10.2. The third kappa shape index (κ3) is 5.48. The molecule has 7 heteroatoms. The Balaban J connectivity index is 2.52.